The maximum absolute atomic E-state index is 11.6. The lowest BCUT2D eigenvalue weighted by atomic mass is 10.4. The summed E-state index contributed by atoms with van der Waals surface area (Å²) in [5.41, 5.74) is 0.393. The summed E-state index contributed by atoms with van der Waals surface area (Å²) < 4.78 is 27.6. The van der Waals surface area contributed by atoms with Crippen LogP contribution in [0.1, 0.15) is 30.0 Å². The van der Waals surface area contributed by atoms with E-state index in [0.29, 0.717) is 5.69 Å². The number of carboxylic acids is 1. The average Bonchev–Trinajstić information content (AvgIpc) is 2.42. The fraction of sp³-hybridized carbons (Fsp3) is 0.444. The van der Waals surface area contributed by atoms with Crippen LogP contribution < -0.4 is 9.44 Å². The van der Waals surface area contributed by atoms with Crippen LogP contribution in [0.25, 0.3) is 0 Å². The van der Waals surface area contributed by atoms with Crippen LogP contribution in [-0.4, -0.2) is 30.5 Å². The number of H-pyrrole nitrogens is 1. The molecule has 0 aliphatic rings. The van der Waals surface area contributed by atoms with E-state index in [1.807, 2.05) is 0 Å². The Bertz CT molecular complexity index is 518. The zero-order chi connectivity index (χ0) is 13.2. The number of aryl methyl sites for hydroxylation is 1. The van der Waals surface area contributed by atoms with Gasteiger partial charge in [-0.2, -0.15) is 13.1 Å². The summed E-state index contributed by atoms with van der Waals surface area (Å²) in [5.74, 6) is -1.22. The van der Waals surface area contributed by atoms with Crippen LogP contribution in [-0.2, 0) is 10.2 Å². The number of hydrogen-bond donors (Lipinski definition) is 4. The molecule has 0 aliphatic carbocycles. The minimum absolute atomic E-state index is 0.0168. The second-order valence-electron chi connectivity index (χ2n) is 3.92. The quantitative estimate of drug-likeness (QED) is 0.624. The van der Waals surface area contributed by atoms with Crippen LogP contribution in [0.4, 0.5) is 5.69 Å². The Balaban J connectivity index is 2.99. The van der Waals surface area contributed by atoms with Crippen LogP contribution in [0, 0.1) is 6.92 Å². The zero-order valence-corrected chi connectivity index (χ0v) is 10.6. The molecule has 0 saturated heterocycles. The molecule has 1 rings (SSSR count). The number of hydrogen-bond acceptors (Lipinski definition) is 3. The second-order valence-corrected chi connectivity index (χ2v) is 5.37. The van der Waals surface area contributed by atoms with Crippen molar-refractivity contribution in [2.45, 2.75) is 26.8 Å². The summed E-state index contributed by atoms with van der Waals surface area (Å²) in [6.45, 7) is 4.97. The molecule has 1 aromatic rings. The summed E-state index contributed by atoms with van der Waals surface area (Å²) in [6, 6.07) is 1.14. The first-order valence-corrected chi connectivity index (χ1v) is 6.42. The largest absolute Gasteiger partial charge is 0.477 e. The molecule has 7 nitrogen and oxygen atoms in total. The van der Waals surface area contributed by atoms with Crippen molar-refractivity contribution in [3.05, 3.63) is 17.5 Å². The molecule has 0 bridgehead atoms. The topological polar surface area (TPSA) is 111 Å². The van der Waals surface area contributed by atoms with Gasteiger partial charge in [0, 0.05) is 11.7 Å². The lowest BCUT2D eigenvalue weighted by molar-refractivity contribution is 0.0692. The van der Waals surface area contributed by atoms with Gasteiger partial charge in [0.15, 0.2) is 0 Å². The highest BCUT2D eigenvalue weighted by Crippen LogP contribution is 2.17. The van der Waals surface area contributed by atoms with Gasteiger partial charge in [-0.1, -0.05) is 0 Å². The Hall–Kier alpha value is -1.54. The molecule has 0 spiro atoms. The monoisotopic (exact) mass is 261 g/mol. The van der Waals surface area contributed by atoms with Crippen molar-refractivity contribution in [3.63, 3.8) is 0 Å². The second kappa shape index (κ2) is 4.76. The molecule has 17 heavy (non-hydrogen) atoms. The van der Waals surface area contributed by atoms with Gasteiger partial charge in [-0.05, 0) is 26.8 Å². The lowest BCUT2D eigenvalue weighted by Gasteiger charge is -2.10. The molecule has 8 heteroatoms. The number of anilines is 1. The maximum atomic E-state index is 11.6. The van der Waals surface area contributed by atoms with E-state index in [0.717, 1.165) is 0 Å². The van der Waals surface area contributed by atoms with E-state index >= 15 is 0 Å². The Kier molecular flexibility index (Phi) is 3.79. The highest BCUT2D eigenvalue weighted by Gasteiger charge is 2.18. The molecule has 0 unspecified atom stereocenters. The first-order valence-electron chi connectivity index (χ1n) is 4.94. The summed E-state index contributed by atoms with van der Waals surface area (Å²) in [6.07, 6.45) is 0. The third kappa shape index (κ3) is 3.75. The fourth-order valence-electron chi connectivity index (χ4n) is 1.32. The van der Waals surface area contributed by atoms with Gasteiger partial charge in [0.25, 0.3) is 10.2 Å². The van der Waals surface area contributed by atoms with Crippen LogP contribution in [0.5, 0.6) is 0 Å². The molecular formula is C9H15N3O4S. The zero-order valence-electron chi connectivity index (χ0n) is 9.73. The maximum Gasteiger partial charge on any atom is 0.354 e. The van der Waals surface area contributed by atoms with E-state index in [9.17, 15) is 13.2 Å². The van der Waals surface area contributed by atoms with Gasteiger partial charge in [0.1, 0.15) is 5.69 Å². The van der Waals surface area contributed by atoms with Crippen LogP contribution in [0.2, 0.25) is 0 Å². The van der Waals surface area contributed by atoms with Crippen LogP contribution in [0.3, 0.4) is 0 Å². The number of carboxylic acid groups (broad SMARTS) is 1. The van der Waals surface area contributed by atoms with Crippen molar-refractivity contribution in [1.29, 1.82) is 0 Å². The Morgan fingerprint density at radius 3 is 2.53 bits per heavy atom. The van der Waals surface area contributed by atoms with Crippen molar-refractivity contribution in [2.75, 3.05) is 4.72 Å². The predicted molar refractivity (Wildman–Crippen MR) is 63.3 cm³/mol. The molecule has 0 saturated carbocycles. The van der Waals surface area contributed by atoms with Crippen molar-refractivity contribution < 1.29 is 18.3 Å². The lowest BCUT2D eigenvalue weighted by Crippen LogP contribution is -2.35. The summed E-state index contributed by atoms with van der Waals surface area (Å²) in [5, 5.41) is 8.87. The van der Waals surface area contributed by atoms with E-state index in [1.165, 1.54) is 6.07 Å². The highest BCUT2D eigenvalue weighted by molar-refractivity contribution is 7.90. The van der Waals surface area contributed by atoms with Gasteiger partial charge in [-0.3, -0.25) is 4.72 Å². The third-order valence-corrected chi connectivity index (χ3v) is 3.07. The fourth-order valence-corrected chi connectivity index (χ4v) is 2.45. The molecule has 0 aromatic carbocycles. The molecule has 0 atom stereocenters. The standard InChI is InChI=1S/C9H15N3O4S/c1-5(2)11-17(15,16)12-7-4-6(3)10-8(7)9(13)14/h4-5,10-12H,1-3H3,(H,13,14). The molecule has 0 aliphatic heterocycles. The summed E-state index contributed by atoms with van der Waals surface area (Å²) >= 11 is 0. The first kappa shape index (κ1) is 13.5. The molecular weight excluding hydrogens is 246 g/mol. The predicted octanol–water partition coefficient (Wildman–Crippen LogP) is 0.676. The molecule has 0 radical (unpaired) electrons. The van der Waals surface area contributed by atoms with Gasteiger partial charge in [0.05, 0.1) is 5.69 Å². The van der Waals surface area contributed by atoms with Crippen LogP contribution in [0.15, 0.2) is 6.07 Å². The molecule has 4 N–H and O–H groups in total. The third-order valence-electron chi connectivity index (χ3n) is 1.80. The molecule has 96 valence electrons. The Labute approximate surface area is 99.4 Å². The summed E-state index contributed by atoms with van der Waals surface area (Å²) in [7, 11) is -3.76. The van der Waals surface area contributed by atoms with Gasteiger partial charge in [0.2, 0.25) is 0 Å². The SMILES string of the molecule is Cc1cc(NS(=O)(=O)NC(C)C)c(C(=O)O)[nH]1. The molecule has 0 amide bonds. The minimum Gasteiger partial charge on any atom is -0.477 e. The van der Waals surface area contributed by atoms with Gasteiger partial charge >= 0.3 is 5.97 Å². The van der Waals surface area contributed by atoms with E-state index in [4.69, 9.17) is 5.11 Å². The number of rotatable bonds is 5. The smallest absolute Gasteiger partial charge is 0.354 e. The van der Waals surface area contributed by atoms with Crippen molar-refractivity contribution in [2.24, 2.45) is 0 Å². The van der Waals surface area contributed by atoms with Crippen molar-refractivity contribution in [1.82, 2.24) is 9.71 Å². The van der Waals surface area contributed by atoms with E-state index in [2.05, 4.69) is 14.4 Å². The molecule has 1 heterocycles. The van der Waals surface area contributed by atoms with E-state index in [-0.39, 0.29) is 17.4 Å². The van der Waals surface area contributed by atoms with E-state index < -0.39 is 16.2 Å². The van der Waals surface area contributed by atoms with Crippen LogP contribution >= 0.6 is 0 Å². The van der Waals surface area contributed by atoms with Crippen molar-refractivity contribution >= 4 is 21.9 Å². The summed E-state index contributed by atoms with van der Waals surface area (Å²) in [4.78, 5) is 13.4. The number of carbonyl (C=O) groups is 1. The van der Waals surface area contributed by atoms with Crippen molar-refractivity contribution in [3.8, 4) is 0 Å². The van der Waals surface area contributed by atoms with Gasteiger partial charge < -0.3 is 10.1 Å². The highest BCUT2D eigenvalue weighted by atomic mass is 32.2. The van der Waals surface area contributed by atoms with Gasteiger partial charge in [-0.15, -0.1) is 0 Å². The van der Waals surface area contributed by atoms with Gasteiger partial charge in [-0.25, -0.2) is 4.79 Å². The first-order chi connectivity index (χ1) is 7.71. The van der Waals surface area contributed by atoms with E-state index in [1.54, 1.807) is 20.8 Å². The number of aromatic carboxylic acids is 1. The number of aromatic amines is 1. The minimum atomic E-state index is -3.76. The Morgan fingerprint density at radius 1 is 1.47 bits per heavy atom. The Morgan fingerprint density at radius 2 is 2.06 bits per heavy atom. The average molecular weight is 261 g/mol. The molecule has 0 fully saturated rings. The number of nitrogens with one attached hydrogen (secondary N) is 3. The normalized spacial score (nSPS) is 11.8. The number of aromatic nitrogens is 1. The molecule has 1 aromatic heterocycles.